The Bertz CT molecular complexity index is 529. The molecule has 0 aromatic heterocycles. The minimum atomic E-state index is -0.250. The SMILES string of the molecule is O=C(CN1C[C@@H]2CC[C@H]1C2)N1CCC(C(=O)N2CCOCC2)CC1.O=CO. The van der Waals surface area contributed by atoms with Gasteiger partial charge in [0, 0.05) is 44.7 Å². The van der Waals surface area contributed by atoms with Crippen molar-refractivity contribution in [2.45, 2.75) is 38.1 Å². The lowest BCUT2D eigenvalue weighted by Crippen LogP contribution is -2.49. The normalized spacial score (nSPS) is 28.6. The number of amides is 2. The Balaban J connectivity index is 0.000000659. The molecule has 0 radical (unpaired) electrons. The maximum absolute atomic E-state index is 12.6. The average Bonchev–Trinajstić information content (AvgIpc) is 3.32. The minimum Gasteiger partial charge on any atom is -0.483 e. The van der Waals surface area contributed by atoms with Crippen molar-refractivity contribution in [1.29, 1.82) is 0 Å². The van der Waals surface area contributed by atoms with Gasteiger partial charge in [-0.3, -0.25) is 19.3 Å². The third-order valence-electron chi connectivity index (χ3n) is 6.38. The van der Waals surface area contributed by atoms with Crippen LogP contribution in [0.3, 0.4) is 0 Å². The van der Waals surface area contributed by atoms with Crippen LogP contribution >= 0.6 is 0 Å². The molecule has 2 atom stereocenters. The number of rotatable bonds is 3. The molecule has 27 heavy (non-hydrogen) atoms. The summed E-state index contributed by atoms with van der Waals surface area (Å²) in [4.78, 5) is 39.8. The molecule has 4 fully saturated rings. The van der Waals surface area contributed by atoms with E-state index in [9.17, 15) is 9.59 Å². The molecule has 8 heteroatoms. The second-order valence-electron chi connectivity index (χ2n) is 7.96. The minimum absolute atomic E-state index is 0.0925. The fourth-order valence-corrected chi connectivity index (χ4v) is 4.91. The van der Waals surface area contributed by atoms with Crippen LogP contribution in [0.2, 0.25) is 0 Å². The average molecular weight is 381 g/mol. The zero-order valence-electron chi connectivity index (χ0n) is 15.9. The lowest BCUT2D eigenvalue weighted by atomic mass is 9.95. The molecule has 4 rings (SSSR count). The highest BCUT2D eigenvalue weighted by atomic mass is 16.5. The van der Waals surface area contributed by atoms with E-state index in [1.54, 1.807) is 0 Å². The van der Waals surface area contributed by atoms with Gasteiger partial charge in [-0.25, -0.2) is 0 Å². The summed E-state index contributed by atoms with van der Waals surface area (Å²) in [6.45, 7) is 5.67. The van der Waals surface area contributed by atoms with E-state index in [0.717, 1.165) is 51.5 Å². The van der Waals surface area contributed by atoms with E-state index in [4.69, 9.17) is 14.6 Å². The van der Waals surface area contributed by atoms with Crippen LogP contribution in [0.4, 0.5) is 0 Å². The molecular weight excluding hydrogens is 350 g/mol. The highest BCUT2D eigenvalue weighted by Crippen LogP contribution is 2.37. The second-order valence-corrected chi connectivity index (χ2v) is 7.96. The molecule has 0 aromatic carbocycles. The maximum Gasteiger partial charge on any atom is 0.290 e. The number of carboxylic acid groups (broad SMARTS) is 1. The van der Waals surface area contributed by atoms with Crippen LogP contribution in [0.15, 0.2) is 0 Å². The predicted molar refractivity (Wildman–Crippen MR) is 98.1 cm³/mol. The van der Waals surface area contributed by atoms with E-state index in [-0.39, 0.29) is 24.2 Å². The summed E-state index contributed by atoms with van der Waals surface area (Å²) in [6, 6.07) is 0.652. The number of piperidine rings is 2. The molecule has 0 aromatic rings. The summed E-state index contributed by atoms with van der Waals surface area (Å²) in [5.41, 5.74) is 0. The van der Waals surface area contributed by atoms with Gasteiger partial charge in [-0.15, -0.1) is 0 Å². The molecule has 2 amide bonds. The zero-order valence-corrected chi connectivity index (χ0v) is 15.9. The van der Waals surface area contributed by atoms with Crippen LogP contribution in [0.1, 0.15) is 32.1 Å². The van der Waals surface area contributed by atoms with Crippen molar-refractivity contribution in [2.75, 3.05) is 52.5 Å². The fraction of sp³-hybridized carbons (Fsp3) is 0.842. The maximum atomic E-state index is 12.6. The van der Waals surface area contributed by atoms with E-state index in [1.165, 1.54) is 19.3 Å². The van der Waals surface area contributed by atoms with Gasteiger partial charge in [0.2, 0.25) is 11.8 Å². The van der Waals surface area contributed by atoms with E-state index in [1.807, 2.05) is 9.80 Å². The van der Waals surface area contributed by atoms with Crippen molar-refractivity contribution in [3.8, 4) is 0 Å². The monoisotopic (exact) mass is 381 g/mol. The molecule has 3 heterocycles. The molecule has 8 nitrogen and oxygen atoms in total. The summed E-state index contributed by atoms with van der Waals surface area (Å²) in [6.07, 6.45) is 5.55. The molecule has 1 N–H and O–H groups in total. The topological polar surface area (TPSA) is 90.4 Å². The van der Waals surface area contributed by atoms with Gasteiger partial charge in [0.1, 0.15) is 0 Å². The van der Waals surface area contributed by atoms with Crippen LogP contribution in [-0.2, 0) is 19.1 Å². The summed E-state index contributed by atoms with van der Waals surface area (Å²) < 4.78 is 5.32. The number of carbonyl (C=O) groups is 3. The van der Waals surface area contributed by atoms with Gasteiger partial charge < -0.3 is 19.6 Å². The van der Waals surface area contributed by atoms with Gasteiger partial charge in [-0.2, -0.15) is 0 Å². The Hall–Kier alpha value is -1.67. The summed E-state index contributed by atoms with van der Waals surface area (Å²) in [5.74, 6) is 1.46. The first kappa shape index (κ1) is 20.1. The predicted octanol–water partition coefficient (Wildman–Crippen LogP) is 0.269. The van der Waals surface area contributed by atoms with Crippen molar-refractivity contribution in [1.82, 2.24) is 14.7 Å². The number of carbonyl (C=O) groups excluding carboxylic acids is 2. The summed E-state index contributed by atoms with van der Waals surface area (Å²) in [7, 11) is 0. The largest absolute Gasteiger partial charge is 0.483 e. The van der Waals surface area contributed by atoms with E-state index < -0.39 is 0 Å². The first-order chi connectivity index (χ1) is 13.1. The van der Waals surface area contributed by atoms with Crippen molar-refractivity contribution >= 4 is 18.3 Å². The van der Waals surface area contributed by atoms with Gasteiger partial charge in [0.15, 0.2) is 0 Å². The summed E-state index contributed by atoms with van der Waals surface area (Å²) >= 11 is 0. The van der Waals surface area contributed by atoms with Crippen LogP contribution in [0.5, 0.6) is 0 Å². The Labute approximate surface area is 160 Å². The second kappa shape index (κ2) is 9.50. The fourth-order valence-electron chi connectivity index (χ4n) is 4.91. The highest BCUT2D eigenvalue weighted by Gasteiger charge is 2.39. The Morgan fingerprint density at radius 3 is 2.22 bits per heavy atom. The lowest BCUT2D eigenvalue weighted by molar-refractivity contribution is -0.144. The van der Waals surface area contributed by atoms with Crippen LogP contribution in [-0.4, -0.2) is 96.6 Å². The number of nitrogens with zero attached hydrogens (tertiary/aromatic N) is 3. The third kappa shape index (κ3) is 4.99. The van der Waals surface area contributed by atoms with Crippen molar-refractivity contribution in [3.05, 3.63) is 0 Å². The number of hydrogen-bond acceptors (Lipinski definition) is 5. The number of likely N-dealkylation sites (tertiary alicyclic amines) is 2. The van der Waals surface area contributed by atoms with Gasteiger partial charge in [0.05, 0.1) is 19.8 Å². The number of fused-ring (bicyclic) bond motifs is 2. The van der Waals surface area contributed by atoms with Gasteiger partial charge in [-0.1, -0.05) is 0 Å². The molecule has 0 unspecified atom stereocenters. The molecule has 3 saturated heterocycles. The van der Waals surface area contributed by atoms with Gasteiger partial charge >= 0.3 is 0 Å². The number of ether oxygens (including phenoxy) is 1. The quantitative estimate of drug-likeness (QED) is 0.706. The van der Waals surface area contributed by atoms with E-state index in [0.29, 0.717) is 25.8 Å². The molecule has 2 bridgehead atoms. The van der Waals surface area contributed by atoms with Crippen LogP contribution < -0.4 is 0 Å². The Morgan fingerprint density at radius 2 is 1.67 bits per heavy atom. The zero-order chi connectivity index (χ0) is 19.2. The highest BCUT2D eigenvalue weighted by molar-refractivity contribution is 5.81. The molecule has 1 aliphatic carbocycles. The lowest BCUT2D eigenvalue weighted by Gasteiger charge is -2.36. The van der Waals surface area contributed by atoms with Crippen LogP contribution in [0, 0.1) is 11.8 Å². The van der Waals surface area contributed by atoms with E-state index in [2.05, 4.69) is 4.90 Å². The van der Waals surface area contributed by atoms with Gasteiger partial charge in [0.25, 0.3) is 6.47 Å². The summed E-state index contributed by atoms with van der Waals surface area (Å²) in [5, 5.41) is 6.89. The van der Waals surface area contributed by atoms with Crippen molar-refractivity contribution in [3.63, 3.8) is 0 Å². The third-order valence-corrected chi connectivity index (χ3v) is 6.38. The Morgan fingerprint density at radius 1 is 1.00 bits per heavy atom. The Kier molecular flexibility index (Phi) is 7.07. The first-order valence-corrected chi connectivity index (χ1v) is 10.1. The molecule has 3 aliphatic heterocycles. The molecule has 0 spiro atoms. The first-order valence-electron chi connectivity index (χ1n) is 10.1. The molecule has 1 saturated carbocycles. The van der Waals surface area contributed by atoms with Crippen molar-refractivity contribution in [2.24, 2.45) is 11.8 Å². The van der Waals surface area contributed by atoms with Crippen molar-refractivity contribution < 1.29 is 24.2 Å². The molecule has 4 aliphatic rings. The standard InChI is InChI=1S/C18H29N3O3.CH2O2/c22-17(13-21-12-14-1-2-16(21)11-14)19-5-3-15(4-6-19)18(23)20-7-9-24-10-8-20;2-1-3/h14-16H,1-13H2;1H,(H,2,3)/t14-,16+;/m1./s1. The number of hydrogen-bond donors (Lipinski definition) is 1. The number of morpholine rings is 1. The van der Waals surface area contributed by atoms with E-state index >= 15 is 0 Å². The van der Waals surface area contributed by atoms with Crippen LogP contribution in [0.25, 0.3) is 0 Å². The molecular formula is C19H31N3O5. The van der Waals surface area contributed by atoms with Gasteiger partial charge in [-0.05, 0) is 38.0 Å². The smallest absolute Gasteiger partial charge is 0.290 e. The molecule has 152 valence electrons.